The number of H-pyrrole nitrogens is 1. The highest BCUT2D eigenvalue weighted by atomic mass is 16.3. The first-order chi connectivity index (χ1) is 7.15. The lowest BCUT2D eigenvalue weighted by Gasteiger charge is -2.02. The van der Waals surface area contributed by atoms with Crippen molar-refractivity contribution in [2.45, 2.75) is 20.3 Å². The largest absolute Gasteiger partial charge is 0.507 e. The van der Waals surface area contributed by atoms with Crippen molar-refractivity contribution in [1.29, 1.82) is 5.26 Å². The van der Waals surface area contributed by atoms with Crippen molar-refractivity contribution < 1.29 is 5.11 Å². The number of nitriles is 1. The number of fused-ring (bicyclic) bond motifs is 1. The minimum Gasteiger partial charge on any atom is -0.507 e. The second-order valence-electron chi connectivity index (χ2n) is 3.71. The van der Waals surface area contributed by atoms with E-state index in [4.69, 9.17) is 5.26 Å². The third kappa shape index (κ3) is 1.35. The van der Waals surface area contributed by atoms with Crippen LogP contribution in [0, 0.1) is 25.2 Å². The number of aromatic hydroxyl groups is 1. The van der Waals surface area contributed by atoms with Gasteiger partial charge >= 0.3 is 0 Å². The molecule has 1 heterocycles. The summed E-state index contributed by atoms with van der Waals surface area (Å²) in [6, 6.07) is 5.74. The van der Waals surface area contributed by atoms with Crippen LogP contribution in [-0.2, 0) is 6.42 Å². The maximum Gasteiger partial charge on any atom is 0.129 e. The third-order valence-corrected chi connectivity index (χ3v) is 2.79. The van der Waals surface area contributed by atoms with E-state index < -0.39 is 0 Å². The van der Waals surface area contributed by atoms with Crippen LogP contribution in [0.2, 0.25) is 0 Å². The van der Waals surface area contributed by atoms with Gasteiger partial charge in [-0.05, 0) is 25.5 Å². The topological polar surface area (TPSA) is 59.8 Å². The quantitative estimate of drug-likeness (QED) is 0.743. The Morgan fingerprint density at radius 2 is 2.13 bits per heavy atom. The van der Waals surface area contributed by atoms with E-state index in [0.29, 0.717) is 5.56 Å². The highest BCUT2D eigenvalue weighted by molar-refractivity contribution is 5.91. The molecule has 0 aliphatic heterocycles. The molecule has 0 amide bonds. The first-order valence-electron chi connectivity index (χ1n) is 4.82. The zero-order chi connectivity index (χ0) is 11.0. The van der Waals surface area contributed by atoms with Crippen molar-refractivity contribution in [3.8, 4) is 11.8 Å². The Labute approximate surface area is 88.0 Å². The Balaban J connectivity index is 2.78. The van der Waals surface area contributed by atoms with Gasteiger partial charge in [-0.1, -0.05) is 6.07 Å². The molecular weight excluding hydrogens is 188 g/mol. The Morgan fingerprint density at radius 3 is 2.80 bits per heavy atom. The summed E-state index contributed by atoms with van der Waals surface area (Å²) in [5.41, 5.74) is 3.70. The van der Waals surface area contributed by atoms with E-state index in [1.807, 2.05) is 26.0 Å². The molecule has 0 saturated heterocycles. The van der Waals surface area contributed by atoms with E-state index in [1.165, 1.54) is 0 Å². The average molecular weight is 200 g/mol. The van der Waals surface area contributed by atoms with Crippen LogP contribution >= 0.6 is 0 Å². The van der Waals surface area contributed by atoms with Gasteiger partial charge in [0, 0.05) is 22.2 Å². The van der Waals surface area contributed by atoms with E-state index in [1.54, 1.807) is 6.07 Å². The summed E-state index contributed by atoms with van der Waals surface area (Å²) >= 11 is 0. The van der Waals surface area contributed by atoms with Crippen molar-refractivity contribution in [1.82, 2.24) is 4.98 Å². The van der Waals surface area contributed by atoms with Crippen molar-refractivity contribution in [3.05, 3.63) is 29.0 Å². The fourth-order valence-corrected chi connectivity index (χ4v) is 1.83. The first-order valence-corrected chi connectivity index (χ1v) is 4.82. The summed E-state index contributed by atoms with van der Waals surface area (Å²) in [4.78, 5) is 3.19. The molecule has 0 spiro atoms. The van der Waals surface area contributed by atoms with Gasteiger partial charge in [0.15, 0.2) is 0 Å². The summed E-state index contributed by atoms with van der Waals surface area (Å²) in [6.45, 7) is 3.93. The van der Waals surface area contributed by atoms with E-state index in [9.17, 15) is 5.11 Å². The molecule has 2 N–H and O–H groups in total. The molecule has 0 radical (unpaired) electrons. The maximum absolute atomic E-state index is 10.0. The molecule has 1 aromatic carbocycles. The molecule has 0 fully saturated rings. The SMILES string of the molecule is Cc1[nH]c2ccc(CC#N)c(O)c2c1C. The minimum atomic E-state index is 0.232. The smallest absolute Gasteiger partial charge is 0.129 e. The fraction of sp³-hybridized carbons (Fsp3) is 0.250. The van der Waals surface area contributed by atoms with Gasteiger partial charge in [0.05, 0.1) is 12.5 Å². The highest BCUT2D eigenvalue weighted by Crippen LogP contribution is 2.32. The van der Waals surface area contributed by atoms with E-state index in [2.05, 4.69) is 4.98 Å². The molecule has 0 atom stereocenters. The molecule has 2 rings (SSSR count). The number of aromatic nitrogens is 1. The number of phenols is 1. The van der Waals surface area contributed by atoms with Gasteiger partial charge in [-0.3, -0.25) is 0 Å². The summed E-state index contributed by atoms with van der Waals surface area (Å²) < 4.78 is 0. The number of rotatable bonds is 1. The fourth-order valence-electron chi connectivity index (χ4n) is 1.83. The molecule has 2 aromatic rings. The molecule has 76 valence electrons. The summed E-state index contributed by atoms with van der Waals surface area (Å²) in [7, 11) is 0. The number of hydrogen-bond acceptors (Lipinski definition) is 2. The second kappa shape index (κ2) is 3.32. The van der Waals surface area contributed by atoms with Gasteiger partial charge in [-0.15, -0.1) is 0 Å². The Morgan fingerprint density at radius 1 is 1.40 bits per heavy atom. The highest BCUT2D eigenvalue weighted by Gasteiger charge is 2.11. The number of phenolic OH excluding ortho intramolecular Hbond substituents is 1. The maximum atomic E-state index is 10.0. The summed E-state index contributed by atoms with van der Waals surface area (Å²) in [5, 5.41) is 19.5. The molecule has 0 aliphatic rings. The first kappa shape index (κ1) is 9.60. The Bertz CT molecular complexity index is 561. The van der Waals surface area contributed by atoms with Crippen molar-refractivity contribution >= 4 is 10.9 Å². The standard InChI is InChI=1S/C12H12N2O/c1-7-8(2)14-10-4-3-9(5-6-13)12(15)11(7)10/h3-4,14-15H,5H2,1-2H3. The van der Waals surface area contributed by atoms with E-state index >= 15 is 0 Å². The number of aromatic amines is 1. The molecular formula is C12H12N2O. The number of hydrogen-bond donors (Lipinski definition) is 2. The zero-order valence-electron chi connectivity index (χ0n) is 8.76. The van der Waals surface area contributed by atoms with Gasteiger partial charge in [-0.2, -0.15) is 5.26 Å². The number of nitrogens with zero attached hydrogens (tertiary/aromatic N) is 1. The molecule has 1 aromatic heterocycles. The van der Waals surface area contributed by atoms with Crippen molar-refractivity contribution in [2.24, 2.45) is 0 Å². The summed E-state index contributed by atoms with van der Waals surface area (Å²) in [5.74, 6) is 0.232. The average Bonchev–Trinajstić information content (AvgIpc) is 2.49. The third-order valence-electron chi connectivity index (χ3n) is 2.79. The second-order valence-corrected chi connectivity index (χ2v) is 3.71. The van der Waals surface area contributed by atoms with Gasteiger partial charge in [-0.25, -0.2) is 0 Å². The van der Waals surface area contributed by atoms with Crippen molar-refractivity contribution in [3.63, 3.8) is 0 Å². The number of nitrogens with one attached hydrogen (secondary N) is 1. The molecule has 0 bridgehead atoms. The predicted molar refractivity (Wildman–Crippen MR) is 58.8 cm³/mol. The predicted octanol–water partition coefficient (Wildman–Crippen LogP) is 2.56. The lowest BCUT2D eigenvalue weighted by molar-refractivity contribution is 0.476. The zero-order valence-corrected chi connectivity index (χ0v) is 8.76. The Hall–Kier alpha value is -1.95. The minimum absolute atomic E-state index is 0.232. The van der Waals surface area contributed by atoms with Gasteiger partial charge in [0.1, 0.15) is 5.75 Å². The van der Waals surface area contributed by atoms with Crippen LogP contribution in [0.4, 0.5) is 0 Å². The van der Waals surface area contributed by atoms with Gasteiger partial charge < -0.3 is 10.1 Å². The van der Waals surface area contributed by atoms with Crippen LogP contribution in [0.3, 0.4) is 0 Å². The normalized spacial score (nSPS) is 10.5. The summed E-state index contributed by atoms with van der Waals surface area (Å²) in [6.07, 6.45) is 0.242. The number of aryl methyl sites for hydroxylation is 2. The van der Waals surface area contributed by atoms with Gasteiger partial charge in [0.25, 0.3) is 0 Å². The van der Waals surface area contributed by atoms with Crippen LogP contribution in [0.5, 0.6) is 5.75 Å². The van der Waals surface area contributed by atoms with Crippen LogP contribution < -0.4 is 0 Å². The van der Waals surface area contributed by atoms with E-state index in [-0.39, 0.29) is 12.2 Å². The van der Waals surface area contributed by atoms with E-state index in [0.717, 1.165) is 22.2 Å². The van der Waals surface area contributed by atoms with Crippen LogP contribution in [0.25, 0.3) is 10.9 Å². The number of benzene rings is 1. The van der Waals surface area contributed by atoms with Crippen molar-refractivity contribution in [2.75, 3.05) is 0 Å². The monoisotopic (exact) mass is 200 g/mol. The molecule has 0 saturated carbocycles. The lowest BCUT2D eigenvalue weighted by Crippen LogP contribution is -1.84. The molecule has 3 heteroatoms. The van der Waals surface area contributed by atoms with Crippen LogP contribution in [0.1, 0.15) is 16.8 Å². The molecule has 0 unspecified atom stereocenters. The molecule has 15 heavy (non-hydrogen) atoms. The van der Waals surface area contributed by atoms with Gasteiger partial charge in [0.2, 0.25) is 0 Å². The molecule has 3 nitrogen and oxygen atoms in total. The van der Waals surface area contributed by atoms with Crippen LogP contribution in [-0.4, -0.2) is 10.1 Å². The Kier molecular flexibility index (Phi) is 2.12. The lowest BCUT2D eigenvalue weighted by atomic mass is 10.1. The molecule has 0 aliphatic carbocycles. The van der Waals surface area contributed by atoms with Crippen LogP contribution in [0.15, 0.2) is 12.1 Å².